The number of para-hydroxylation sites is 1. The van der Waals surface area contributed by atoms with Crippen molar-refractivity contribution in [1.29, 1.82) is 0 Å². The molecule has 27 heavy (non-hydrogen) atoms. The van der Waals surface area contributed by atoms with E-state index in [2.05, 4.69) is 15.0 Å². The monoisotopic (exact) mass is 376 g/mol. The first kappa shape index (κ1) is 17.9. The Labute approximate surface area is 154 Å². The molecular formula is C19H19F3N4O. The number of piperazine rings is 1. The van der Waals surface area contributed by atoms with E-state index >= 15 is 0 Å². The molecule has 1 saturated heterocycles. The summed E-state index contributed by atoms with van der Waals surface area (Å²) in [7, 11) is 0. The molecular weight excluding hydrogens is 357 g/mol. The average molecular weight is 376 g/mol. The standard InChI is InChI=1S/C19H19F3N4O/c20-19(21,22)18-14(4-3-7-23-18)12-25-8-10-26(11-9-25)13-16-15-5-1-2-6-17(15)27-24-16/h1-7H,8-13H2. The first-order valence-electron chi connectivity index (χ1n) is 8.80. The zero-order chi connectivity index (χ0) is 18.9. The molecule has 3 heterocycles. The number of nitrogens with zero attached hydrogens (tertiary/aromatic N) is 4. The number of hydrogen-bond donors (Lipinski definition) is 0. The molecule has 0 saturated carbocycles. The first-order valence-corrected chi connectivity index (χ1v) is 8.80. The van der Waals surface area contributed by atoms with Crippen molar-refractivity contribution in [3.8, 4) is 0 Å². The van der Waals surface area contributed by atoms with Crippen molar-refractivity contribution in [2.24, 2.45) is 0 Å². The second kappa shape index (κ2) is 7.28. The third kappa shape index (κ3) is 3.96. The van der Waals surface area contributed by atoms with E-state index in [1.165, 1.54) is 12.3 Å². The van der Waals surface area contributed by atoms with Crippen molar-refractivity contribution in [2.75, 3.05) is 26.2 Å². The fourth-order valence-corrected chi connectivity index (χ4v) is 3.43. The Morgan fingerprint density at radius 2 is 1.63 bits per heavy atom. The average Bonchev–Trinajstić information content (AvgIpc) is 3.06. The lowest BCUT2D eigenvalue weighted by Gasteiger charge is -2.34. The summed E-state index contributed by atoms with van der Waals surface area (Å²) >= 11 is 0. The van der Waals surface area contributed by atoms with Crippen molar-refractivity contribution in [3.05, 3.63) is 59.5 Å². The van der Waals surface area contributed by atoms with E-state index in [9.17, 15) is 13.2 Å². The minimum Gasteiger partial charge on any atom is -0.356 e. The largest absolute Gasteiger partial charge is 0.433 e. The van der Waals surface area contributed by atoms with Crippen LogP contribution in [0.5, 0.6) is 0 Å². The van der Waals surface area contributed by atoms with Gasteiger partial charge >= 0.3 is 6.18 Å². The smallest absolute Gasteiger partial charge is 0.356 e. The minimum atomic E-state index is -4.42. The predicted molar refractivity (Wildman–Crippen MR) is 93.8 cm³/mol. The highest BCUT2D eigenvalue weighted by molar-refractivity contribution is 5.79. The summed E-state index contributed by atoms with van der Waals surface area (Å²) in [6.07, 6.45) is -3.24. The maximum absolute atomic E-state index is 13.1. The highest BCUT2D eigenvalue weighted by Gasteiger charge is 2.35. The quantitative estimate of drug-likeness (QED) is 0.697. The lowest BCUT2D eigenvalue weighted by atomic mass is 10.1. The third-order valence-electron chi connectivity index (χ3n) is 4.84. The van der Waals surface area contributed by atoms with E-state index in [0.717, 1.165) is 29.8 Å². The zero-order valence-electron chi connectivity index (χ0n) is 14.6. The fraction of sp³-hybridized carbons (Fsp3) is 0.368. The molecule has 0 amide bonds. The molecule has 1 fully saturated rings. The van der Waals surface area contributed by atoms with Gasteiger partial charge < -0.3 is 4.52 Å². The molecule has 0 aliphatic carbocycles. The van der Waals surface area contributed by atoms with E-state index in [1.807, 2.05) is 29.2 Å². The zero-order valence-corrected chi connectivity index (χ0v) is 14.6. The fourth-order valence-electron chi connectivity index (χ4n) is 3.43. The van der Waals surface area contributed by atoms with Crippen LogP contribution in [0.2, 0.25) is 0 Å². The van der Waals surface area contributed by atoms with Gasteiger partial charge in [0, 0.05) is 50.9 Å². The number of aromatic nitrogens is 2. The lowest BCUT2D eigenvalue weighted by molar-refractivity contribution is -0.142. The van der Waals surface area contributed by atoms with Gasteiger partial charge in [-0.1, -0.05) is 23.4 Å². The van der Waals surface area contributed by atoms with Crippen LogP contribution in [0.25, 0.3) is 11.0 Å². The maximum atomic E-state index is 13.1. The van der Waals surface area contributed by atoms with E-state index in [1.54, 1.807) is 6.07 Å². The molecule has 0 unspecified atom stereocenters. The Morgan fingerprint density at radius 3 is 2.37 bits per heavy atom. The number of halogens is 3. The topological polar surface area (TPSA) is 45.4 Å². The number of benzene rings is 1. The predicted octanol–water partition coefficient (Wildman–Crippen LogP) is 3.56. The highest BCUT2D eigenvalue weighted by atomic mass is 19.4. The van der Waals surface area contributed by atoms with Gasteiger partial charge in [-0.3, -0.25) is 14.8 Å². The van der Waals surface area contributed by atoms with Crippen LogP contribution < -0.4 is 0 Å². The Bertz CT molecular complexity index is 916. The van der Waals surface area contributed by atoms with E-state index < -0.39 is 11.9 Å². The van der Waals surface area contributed by atoms with E-state index in [4.69, 9.17) is 4.52 Å². The van der Waals surface area contributed by atoms with Gasteiger partial charge in [0.15, 0.2) is 5.58 Å². The highest BCUT2D eigenvalue weighted by Crippen LogP contribution is 2.30. The van der Waals surface area contributed by atoms with Crippen LogP contribution in [0.4, 0.5) is 13.2 Å². The van der Waals surface area contributed by atoms with Crippen molar-refractivity contribution in [2.45, 2.75) is 19.3 Å². The molecule has 1 aliphatic heterocycles. The molecule has 5 nitrogen and oxygen atoms in total. The second-order valence-electron chi connectivity index (χ2n) is 6.69. The Morgan fingerprint density at radius 1 is 0.926 bits per heavy atom. The number of pyridine rings is 1. The van der Waals surface area contributed by atoms with Crippen molar-refractivity contribution < 1.29 is 17.7 Å². The van der Waals surface area contributed by atoms with E-state index in [0.29, 0.717) is 19.6 Å². The van der Waals surface area contributed by atoms with Gasteiger partial charge in [-0.2, -0.15) is 13.2 Å². The molecule has 2 aromatic heterocycles. The Hall–Kier alpha value is -2.45. The molecule has 0 bridgehead atoms. The maximum Gasteiger partial charge on any atom is 0.433 e. The van der Waals surface area contributed by atoms with Crippen LogP contribution in [0.1, 0.15) is 17.0 Å². The van der Waals surface area contributed by atoms with Gasteiger partial charge in [-0.25, -0.2) is 0 Å². The first-order chi connectivity index (χ1) is 13.0. The van der Waals surface area contributed by atoms with Gasteiger partial charge in [0.1, 0.15) is 11.4 Å². The van der Waals surface area contributed by atoms with Gasteiger partial charge in [-0.15, -0.1) is 0 Å². The van der Waals surface area contributed by atoms with Crippen LogP contribution >= 0.6 is 0 Å². The summed E-state index contributed by atoms with van der Waals surface area (Å²) in [5.41, 5.74) is 1.09. The molecule has 0 N–H and O–H groups in total. The van der Waals surface area contributed by atoms with Gasteiger partial charge in [0.25, 0.3) is 0 Å². The molecule has 8 heteroatoms. The minimum absolute atomic E-state index is 0.223. The van der Waals surface area contributed by atoms with Crippen LogP contribution in [0.3, 0.4) is 0 Å². The normalized spacial score (nSPS) is 16.9. The van der Waals surface area contributed by atoms with Crippen LogP contribution in [0.15, 0.2) is 47.1 Å². The van der Waals surface area contributed by atoms with E-state index in [-0.39, 0.29) is 12.1 Å². The van der Waals surface area contributed by atoms with Gasteiger partial charge in [0.2, 0.25) is 0 Å². The molecule has 1 aromatic carbocycles. The summed E-state index contributed by atoms with van der Waals surface area (Å²) in [5, 5.41) is 5.16. The van der Waals surface area contributed by atoms with Gasteiger partial charge in [-0.05, 0) is 23.8 Å². The molecule has 1 aliphatic rings. The molecule has 0 atom stereocenters. The summed E-state index contributed by atoms with van der Waals surface area (Å²) in [4.78, 5) is 7.80. The summed E-state index contributed by atoms with van der Waals surface area (Å²) in [6, 6.07) is 10.8. The Balaban J connectivity index is 1.37. The molecule has 0 radical (unpaired) electrons. The van der Waals surface area contributed by atoms with Crippen LogP contribution in [-0.2, 0) is 19.3 Å². The molecule has 142 valence electrons. The molecule has 0 spiro atoms. The number of hydrogen-bond acceptors (Lipinski definition) is 5. The summed E-state index contributed by atoms with van der Waals surface area (Å²) < 4.78 is 44.6. The summed E-state index contributed by atoms with van der Waals surface area (Å²) in [5.74, 6) is 0. The SMILES string of the molecule is FC(F)(F)c1ncccc1CN1CCN(Cc2noc3ccccc23)CC1. The van der Waals surface area contributed by atoms with Crippen molar-refractivity contribution in [1.82, 2.24) is 19.9 Å². The van der Waals surface area contributed by atoms with Crippen molar-refractivity contribution >= 4 is 11.0 Å². The number of fused-ring (bicyclic) bond motifs is 1. The second-order valence-corrected chi connectivity index (χ2v) is 6.69. The number of rotatable bonds is 4. The van der Waals surface area contributed by atoms with Gasteiger partial charge in [0.05, 0.1) is 0 Å². The lowest BCUT2D eigenvalue weighted by Crippen LogP contribution is -2.45. The van der Waals surface area contributed by atoms with Crippen molar-refractivity contribution in [3.63, 3.8) is 0 Å². The van der Waals surface area contributed by atoms with Crippen LogP contribution in [-0.4, -0.2) is 46.1 Å². The summed E-state index contributed by atoms with van der Waals surface area (Å²) in [6.45, 7) is 3.85. The van der Waals surface area contributed by atoms with Crippen LogP contribution in [0, 0.1) is 0 Å². The third-order valence-corrected chi connectivity index (χ3v) is 4.84. The number of alkyl halides is 3. The Kier molecular flexibility index (Phi) is 4.84. The molecule has 4 rings (SSSR count). The molecule has 3 aromatic rings.